The molecule has 0 bridgehead atoms. The van der Waals surface area contributed by atoms with E-state index in [-0.39, 0.29) is 50.2 Å². The third-order valence-corrected chi connectivity index (χ3v) is 9.63. The van der Waals surface area contributed by atoms with E-state index >= 15 is 0 Å². The summed E-state index contributed by atoms with van der Waals surface area (Å²) < 4.78 is 20.1. The van der Waals surface area contributed by atoms with Crippen LogP contribution in [0.3, 0.4) is 0 Å². The number of carbonyl (C=O) groups is 3. The number of hydrogen-bond donors (Lipinski definition) is 2. The Morgan fingerprint density at radius 1 is 0.979 bits per heavy atom. The highest BCUT2D eigenvalue weighted by molar-refractivity contribution is 7.99. The molecular weight excluding hydrogens is 634 g/mol. The van der Waals surface area contributed by atoms with Crippen LogP contribution in [0.4, 0.5) is 4.79 Å². The molecule has 3 amide bonds. The lowest BCUT2D eigenvalue weighted by Gasteiger charge is -2.41. The first-order valence-corrected chi connectivity index (χ1v) is 16.6. The Bertz CT molecular complexity index is 1720. The number of likely N-dealkylation sites (tertiary alicyclic amines) is 1. The summed E-state index contributed by atoms with van der Waals surface area (Å²) in [4.78, 5) is 39.3. The molecule has 0 radical (unpaired) electrons. The topological polar surface area (TPSA) is 145 Å². The number of ether oxygens (including phenoxy) is 3. The van der Waals surface area contributed by atoms with Crippen LogP contribution in [0.15, 0.2) is 90.3 Å². The number of carbonyl (C=O) groups excluding carboxylic acids is 3. The maximum atomic E-state index is 13.1. The van der Waals surface area contributed by atoms with Crippen LogP contribution < -0.4 is 5.32 Å². The van der Waals surface area contributed by atoms with Crippen LogP contribution in [0.5, 0.6) is 0 Å². The third-order valence-electron chi connectivity index (χ3n) is 8.51. The molecule has 4 aromatic rings. The predicted molar refractivity (Wildman–Crippen MR) is 175 cm³/mol. The number of nitrogens with zero attached hydrogens (tertiary/aromatic N) is 4. The maximum absolute atomic E-state index is 13.1. The molecule has 1 aromatic heterocycles. The molecule has 48 heavy (non-hydrogen) atoms. The fourth-order valence-electron chi connectivity index (χ4n) is 5.70. The van der Waals surface area contributed by atoms with E-state index in [1.807, 2.05) is 90.5 Å². The predicted octanol–water partition coefficient (Wildman–Crippen LogP) is 4.45. The monoisotopic (exact) mass is 671 g/mol. The van der Waals surface area contributed by atoms with Gasteiger partial charge in [-0.2, -0.15) is 0 Å². The first kappa shape index (κ1) is 33.3. The van der Waals surface area contributed by atoms with Crippen LogP contribution in [0.2, 0.25) is 0 Å². The molecule has 3 aromatic carbocycles. The Morgan fingerprint density at radius 3 is 2.38 bits per heavy atom. The number of nitrogens with one attached hydrogen (secondary N) is 1. The zero-order valence-corrected chi connectivity index (χ0v) is 27.4. The fourth-order valence-corrected chi connectivity index (χ4v) is 6.75. The van der Waals surface area contributed by atoms with Crippen LogP contribution in [0, 0.1) is 5.92 Å². The normalized spacial score (nSPS) is 22.6. The van der Waals surface area contributed by atoms with E-state index in [0.29, 0.717) is 5.75 Å². The van der Waals surface area contributed by atoms with Crippen molar-refractivity contribution in [2.75, 3.05) is 5.75 Å². The minimum atomic E-state index is -0.981. The second-order valence-corrected chi connectivity index (χ2v) is 12.9. The Balaban J connectivity index is 1.10. The van der Waals surface area contributed by atoms with Crippen LogP contribution in [-0.4, -0.2) is 60.6 Å². The van der Waals surface area contributed by atoms with Gasteiger partial charge in [0.05, 0.1) is 31.8 Å². The first-order chi connectivity index (χ1) is 23.3. The first-order valence-electron chi connectivity index (χ1n) is 15.7. The van der Waals surface area contributed by atoms with Crippen molar-refractivity contribution in [3.63, 3.8) is 0 Å². The molecule has 0 saturated carbocycles. The Labute approximate surface area is 282 Å². The Morgan fingerprint density at radius 2 is 1.69 bits per heavy atom. The van der Waals surface area contributed by atoms with Gasteiger partial charge < -0.3 is 29.2 Å². The largest absolute Gasteiger partial charge is 0.445 e. The van der Waals surface area contributed by atoms with Gasteiger partial charge >= 0.3 is 6.09 Å². The van der Waals surface area contributed by atoms with Gasteiger partial charge in [-0.05, 0) is 22.3 Å². The van der Waals surface area contributed by atoms with Gasteiger partial charge in [0.15, 0.2) is 11.4 Å². The molecule has 12 nitrogen and oxygen atoms in total. The molecule has 6 rings (SSSR count). The molecule has 13 heteroatoms. The van der Waals surface area contributed by atoms with Crippen LogP contribution in [0.25, 0.3) is 0 Å². The van der Waals surface area contributed by atoms with Gasteiger partial charge in [-0.25, -0.2) is 4.79 Å². The Kier molecular flexibility index (Phi) is 10.5. The van der Waals surface area contributed by atoms with Gasteiger partial charge in [-0.3, -0.25) is 14.5 Å². The smallest absolute Gasteiger partial charge is 0.408 e. The van der Waals surface area contributed by atoms with Crippen molar-refractivity contribution in [2.24, 2.45) is 13.0 Å². The number of benzene rings is 3. The number of thioether (sulfide) groups is 1. The lowest BCUT2D eigenvalue weighted by molar-refractivity contribution is -0.268. The summed E-state index contributed by atoms with van der Waals surface area (Å²) in [5.74, 6) is -0.216. The van der Waals surface area contributed by atoms with Crippen LogP contribution in [0.1, 0.15) is 53.6 Å². The van der Waals surface area contributed by atoms with E-state index in [1.54, 1.807) is 18.1 Å². The highest BCUT2D eigenvalue weighted by Crippen LogP contribution is 2.43. The summed E-state index contributed by atoms with van der Waals surface area (Å²) in [6.45, 7) is 2.18. The van der Waals surface area contributed by atoms with Gasteiger partial charge in [0.1, 0.15) is 19.0 Å². The molecular formula is C35H37N5O7S. The lowest BCUT2D eigenvalue weighted by atomic mass is 9.91. The quantitative estimate of drug-likeness (QED) is 0.173. The fraction of sp³-hybridized carbons (Fsp3) is 0.343. The zero-order chi connectivity index (χ0) is 33.6. The molecule has 2 saturated heterocycles. The summed E-state index contributed by atoms with van der Waals surface area (Å²) in [5.41, 5.74) is 4.14. The van der Waals surface area contributed by atoms with E-state index in [9.17, 15) is 19.5 Å². The molecule has 2 aliphatic rings. The lowest BCUT2D eigenvalue weighted by Crippen LogP contribution is -2.41. The van der Waals surface area contributed by atoms with Gasteiger partial charge in [0.2, 0.25) is 5.91 Å². The van der Waals surface area contributed by atoms with E-state index in [0.717, 1.165) is 37.9 Å². The van der Waals surface area contributed by atoms with Crippen LogP contribution in [-0.2, 0) is 50.6 Å². The number of aromatic nitrogens is 3. The maximum Gasteiger partial charge on any atom is 0.408 e. The number of aliphatic hydroxyl groups excluding tert-OH is 1. The number of rotatable bonds is 11. The molecule has 1 unspecified atom stereocenters. The van der Waals surface area contributed by atoms with Gasteiger partial charge in [0, 0.05) is 24.3 Å². The molecule has 2 N–H and O–H groups in total. The van der Waals surface area contributed by atoms with E-state index in [2.05, 4.69) is 22.4 Å². The molecule has 250 valence electrons. The minimum absolute atomic E-state index is 0.00518. The SMILES string of the molecule is C[C@H]1[C@@H](CSc2nncn2C)O[C@@H](c2ccc(CN3C(=O)CC(NC(=O)OCc4ccccc4)C3=O)cc2)O[C@H]1c1ccc(CO)cc1. The number of aliphatic hydroxyl groups is 1. The number of alkyl carbamates (subject to hydrolysis) is 1. The van der Waals surface area contributed by atoms with E-state index in [4.69, 9.17) is 14.2 Å². The molecule has 2 aliphatic heterocycles. The summed E-state index contributed by atoms with van der Waals surface area (Å²) >= 11 is 1.56. The number of aryl methyl sites for hydroxylation is 1. The van der Waals surface area contributed by atoms with Crippen molar-refractivity contribution in [3.8, 4) is 0 Å². The van der Waals surface area contributed by atoms with E-state index in [1.165, 1.54) is 0 Å². The standard InChI is InChI=1S/C35H37N5O7S/c1-22-29(20-48-34-38-36-21-39(34)2)46-33(47-31(22)26-12-10-24(18-41)11-13-26)27-14-8-23(9-15-27)17-40-30(42)16-28(32(40)43)37-35(44)45-19-25-6-4-3-5-7-25/h3-15,21-22,28-29,31,33,41H,16-20H2,1-2H3,(H,37,44)/t22-,28?,29+,31+,33+/m0/s1. The summed E-state index contributed by atoms with van der Waals surface area (Å²) in [6, 6.07) is 23.4. The zero-order valence-electron chi connectivity index (χ0n) is 26.6. The Hall–Kier alpha value is -4.56. The van der Waals surface area contributed by atoms with Crippen molar-refractivity contribution in [2.45, 2.75) is 62.8 Å². The highest BCUT2D eigenvalue weighted by atomic mass is 32.2. The molecule has 3 heterocycles. The average molecular weight is 672 g/mol. The number of hydrogen-bond acceptors (Lipinski definition) is 10. The summed E-state index contributed by atoms with van der Waals surface area (Å²) in [6.07, 6.45) is -0.357. The minimum Gasteiger partial charge on any atom is -0.445 e. The van der Waals surface area contributed by atoms with Crippen LogP contribution >= 0.6 is 11.8 Å². The summed E-state index contributed by atoms with van der Waals surface area (Å²) in [7, 11) is 1.90. The van der Waals surface area contributed by atoms with E-state index < -0.39 is 24.3 Å². The van der Waals surface area contributed by atoms with Gasteiger partial charge in [0.25, 0.3) is 5.91 Å². The molecule has 0 spiro atoms. The van der Waals surface area contributed by atoms with Crippen molar-refractivity contribution in [1.29, 1.82) is 0 Å². The highest BCUT2D eigenvalue weighted by Gasteiger charge is 2.40. The second-order valence-electron chi connectivity index (χ2n) is 11.9. The van der Waals surface area contributed by atoms with Gasteiger partial charge in [-0.1, -0.05) is 97.5 Å². The second kappa shape index (κ2) is 15.1. The average Bonchev–Trinajstić information content (AvgIpc) is 3.64. The summed E-state index contributed by atoms with van der Waals surface area (Å²) in [5, 5.41) is 21.0. The van der Waals surface area contributed by atoms with Crippen molar-refractivity contribution in [3.05, 3.63) is 113 Å². The molecule has 5 atom stereocenters. The van der Waals surface area contributed by atoms with Crippen molar-refractivity contribution in [1.82, 2.24) is 25.0 Å². The van der Waals surface area contributed by atoms with Gasteiger partial charge in [-0.15, -0.1) is 10.2 Å². The number of imide groups is 1. The number of amides is 3. The molecule has 0 aliphatic carbocycles. The third kappa shape index (κ3) is 7.76. The van der Waals surface area contributed by atoms with Crippen molar-refractivity contribution < 1.29 is 33.7 Å². The molecule has 2 fully saturated rings. The van der Waals surface area contributed by atoms with Crippen molar-refractivity contribution >= 4 is 29.7 Å².